The van der Waals surface area contributed by atoms with Gasteiger partial charge in [0.15, 0.2) is 0 Å². The summed E-state index contributed by atoms with van der Waals surface area (Å²) in [6, 6.07) is 24.8. The summed E-state index contributed by atoms with van der Waals surface area (Å²) in [5.74, 6) is -0.215. The lowest BCUT2D eigenvalue weighted by molar-refractivity contribution is -0.384. The molecule has 1 amide bonds. The maximum atomic E-state index is 13.5. The monoisotopic (exact) mass is 417 g/mol. The smallest absolute Gasteiger partial charge is 0.292 e. The van der Waals surface area contributed by atoms with Crippen molar-refractivity contribution >= 4 is 17.3 Å². The molecular weight excluding hydrogens is 390 g/mol. The highest BCUT2D eigenvalue weighted by Crippen LogP contribution is 2.36. The molecule has 0 aliphatic heterocycles. The maximum absolute atomic E-state index is 13.5. The van der Waals surface area contributed by atoms with Gasteiger partial charge in [0.1, 0.15) is 11.7 Å². The Hall–Kier alpha value is -3.67. The number of benzene rings is 3. The molecule has 0 unspecified atom stereocenters. The lowest BCUT2D eigenvalue weighted by Gasteiger charge is -2.35. The topological polar surface area (TPSA) is 75.5 Å². The predicted octanol–water partition coefficient (Wildman–Crippen LogP) is 5.26. The number of hydrogen-bond donors (Lipinski definition) is 1. The number of para-hydroxylation sites is 2. The molecule has 3 aromatic carbocycles. The third kappa shape index (κ3) is 5.69. The first-order chi connectivity index (χ1) is 14.8. The molecule has 3 rings (SSSR count). The molecule has 3 aromatic rings. The van der Waals surface area contributed by atoms with E-state index in [9.17, 15) is 14.9 Å². The highest BCUT2D eigenvalue weighted by molar-refractivity contribution is 5.88. The second kappa shape index (κ2) is 9.43. The molecule has 6 nitrogen and oxygen atoms in total. The lowest BCUT2D eigenvalue weighted by atomic mass is 10.00. The van der Waals surface area contributed by atoms with Crippen LogP contribution < -0.4 is 10.2 Å². The van der Waals surface area contributed by atoms with Crippen molar-refractivity contribution in [2.45, 2.75) is 38.9 Å². The van der Waals surface area contributed by atoms with Crippen LogP contribution in [0.1, 0.15) is 37.9 Å². The zero-order valence-corrected chi connectivity index (χ0v) is 18.0. The number of nitrogens with one attached hydrogen (secondary N) is 1. The van der Waals surface area contributed by atoms with Gasteiger partial charge in [-0.15, -0.1) is 0 Å². The zero-order valence-electron chi connectivity index (χ0n) is 18.0. The van der Waals surface area contributed by atoms with E-state index in [1.807, 2.05) is 86.3 Å². The zero-order chi connectivity index (χ0) is 22.4. The average Bonchev–Trinajstić information content (AvgIpc) is 2.73. The maximum Gasteiger partial charge on any atom is 0.292 e. The standard InChI is InChI=1S/C25H27N3O3/c1-25(2,3)26-24(29)23(20-14-8-5-9-15-20)27(18-19-12-6-4-7-13-19)21-16-10-11-17-22(21)28(30)31/h4-17,23H,18H2,1-3H3,(H,26,29)/t23-/m1/s1. The molecule has 0 bridgehead atoms. The van der Waals surface area contributed by atoms with E-state index < -0.39 is 16.5 Å². The first kappa shape index (κ1) is 22.0. The first-order valence-corrected chi connectivity index (χ1v) is 10.2. The van der Waals surface area contributed by atoms with Crippen molar-refractivity contribution in [1.82, 2.24) is 5.32 Å². The minimum absolute atomic E-state index is 0.0390. The van der Waals surface area contributed by atoms with Gasteiger partial charge in [-0.25, -0.2) is 0 Å². The highest BCUT2D eigenvalue weighted by atomic mass is 16.6. The van der Waals surface area contributed by atoms with Crippen molar-refractivity contribution in [3.63, 3.8) is 0 Å². The Morgan fingerprint density at radius 1 is 0.935 bits per heavy atom. The van der Waals surface area contributed by atoms with Crippen LogP contribution in [-0.4, -0.2) is 16.4 Å². The number of carbonyl (C=O) groups excluding carboxylic acids is 1. The molecule has 1 N–H and O–H groups in total. The summed E-state index contributed by atoms with van der Waals surface area (Å²) in [5, 5.41) is 14.9. The van der Waals surface area contributed by atoms with E-state index in [0.29, 0.717) is 12.2 Å². The fraction of sp³-hybridized carbons (Fsp3) is 0.240. The van der Waals surface area contributed by atoms with E-state index in [1.165, 1.54) is 6.07 Å². The number of amides is 1. The van der Waals surface area contributed by atoms with E-state index in [-0.39, 0.29) is 11.6 Å². The molecule has 0 saturated heterocycles. The summed E-state index contributed by atoms with van der Waals surface area (Å²) in [6.45, 7) is 6.08. The molecule has 0 aliphatic carbocycles. The van der Waals surface area contributed by atoms with Crippen molar-refractivity contribution in [3.05, 3.63) is 106 Å². The summed E-state index contributed by atoms with van der Waals surface area (Å²) in [4.78, 5) is 26.7. The van der Waals surface area contributed by atoms with E-state index in [0.717, 1.165) is 11.1 Å². The van der Waals surface area contributed by atoms with Crippen molar-refractivity contribution in [2.24, 2.45) is 0 Å². The third-order valence-corrected chi connectivity index (χ3v) is 4.76. The Balaban J connectivity index is 2.18. The van der Waals surface area contributed by atoms with E-state index >= 15 is 0 Å². The van der Waals surface area contributed by atoms with Gasteiger partial charge in [-0.3, -0.25) is 14.9 Å². The quantitative estimate of drug-likeness (QED) is 0.420. The Bertz CT molecular complexity index is 1030. The minimum atomic E-state index is -0.748. The summed E-state index contributed by atoms with van der Waals surface area (Å²) >= 11 is 0. The van der Waals surface area contributed by atoms with Gasteiger partial charge in [0.2, 0.25) is 5.91 Å². The van der Waals surface area contributed by atoms with Gasteiger partial charge < -0.3 is 10.2 Å². The lowest BCUT2D eigenvalue weighted by Crippen LogP contribution is -2.48. The fourth-order valence-electron chi connectivity index (χ4n) is 3.50. The third-order valence-electron chi connectivity index (χ3n) is 4.76. The SMILES string of the molecule is CC(C)(C)NC(=O)[C@@H](c1ccccc1)N(Cc1ccccc1)c1ccccc1[N+](=O)[O-]. The summed E-state index contributed by atoms with van der Waals surface area (Å²) in [6.07, 6.45) is 0. The van der Waals surface area contributed by atoms with Crippen LogP contribution in [-0.2, 0) is 11.3 Å². The van der Waals surface area contributed by atoms with Crippen molar-refractivity contribution < 1.29 is 9.72 Å². The first-order valence-electron chi connectivity index (χ1n) is 10.2. The van der Waals surface area contributed by atoms with Crippen LogP contribution in [0.25, 0.3) is 0 Å². The van der Waals surface area contributed by atoms with Gasteiger partial charge in [-0.1, -0.05) is 72.8 Å². The van der Waals surface area contributed by atoms with Gasteiger partial charge >= 0.3 is 0 Å². The van der Waals surface area contributed by atoms with Crippen molar-refractivity contribution in [1.29, 1.82) is 0 Å². The van der Waals surface area contributed by atoms with Crippen molar-refractivity contribution in [2.75, 3.05) is 4.90 Å². The minimum Gasteiger partial charge on any atom is -0.349 e. The van der Waals surface area contributed by atoms with E-state index in [1.54, 1.807) is 18.2 Å². The van der Waals surface area contributed by atoms with Crippen LogP contribution in [0.4, 0.5) is 11.4 Å². The highest BCUT2D eigenvalue weighted by Gasteiger charge is 2.33. The van der Waals surface area contributed by atoms with Crippen molar-refractivity contribution in [3.8, 4) is 0 Å². The second-order valence-electron chi connectivity index (χ2n) is 8.41. The van der Waals surface area contributed by atoms with E-state index in [4.69, 9.17) is 0 Å². The van der Waals surface area contributed by atoms with Crippen LogP contribution in [0.3, 0.4) is 0 Å². The normalized spacial score (nSPS) is 12.1. The molecule has 31 heavy (non-hydrogen) atoms. The number of carbonyl (C=O) groups is 1. The molecule has 0 fully saturated rings. The Morgan fingerprint density at radius 3 is 2.06 bits per heavy atom. The average molecular weight is 418 g/mol. The molecule has 160 valence electrons. The van der Waals surface area contributed by atoms with Crippen LogP contribution >= 0.6 is 0 Å². The molecule has 6 heteroatoms. The van der Waals surface area contributed by atoms with Crippen LogP contribution in [0.15, 0.2) is 84.9 Å². The molecular formula is C25H27N3O3. The summed E-state index contributed by atoms with van der Waals surface area (Å²) < 4.78 is 0. The molecule has 0 spiro atoms. The number of anilines is 1. The van der Waals surface area contributed by atoms with Crippen LogP contribution in [0.5, 0.6) is 0 Å². The molecule has 0 saturated carbocycles. The molecule has 0 aromatic heterocycles. The summed E-state index contributed by atoms with van der Waals surface area (Å²) in [7, 11) is 0. The van der Waals surface area contributed by atoms with Gasteiger partial charge in [-0.2, -0.15) is 0 Å². The number of nitrogens with zero attached hydrogens (tertiary/aromatic N) is 2. The van der Waals surface area contributed by atoms with Gasteiger partial charge in [0.05, 0.1) is 4.92 Å². The Labute approximate surface area is 182 Å². The number of hydrogen-bond acceptors (Lipinski definition) is 4. The molecule has 1 atom stereocenters. The number of nitro groups is 1. The molecule has 0 aliphatic rings. The Morgan fingerprint density at radius 2 is 1.48 bits per heavy atom. The molecule has 0 heterocycles. The van der Waals surface area contributed by atoms with Gasteiger partial charge in [-0.05, 0) is 38.0 Å². The van der Waals surface area contributed by atoms with Crippen LogP contribution in [0.2, 0.25) is 0 Å². The fourth-order valence-corrected chi connectivity index (χ4v) is 3.50. The van der Waals surface area contributed by atoms with E-state index in [2.05, 4.69) is 5.32 Å². The number of rotatable bonds is 7. The second-order valence-corrected chi connectivity index (χ2v) is 8.41. The molecule has 0 radical (unpaired) electrons. The van der Waals surface area contributed by atoms with Gasteiger partial charge in [0.25, 0.3) is 5.69 Å². The number of nitro benzene ring substituents is 1. The van der Waals surface area contributed by atoms with Gasteiger partial charge in [0, 0.05) is 18.2 Å². The largest absolute Gasteiger partial charge is 0.349 e. The Kier molecular flexibility index (Phi) is 6.70. The van der Waals surface area contributed by atoms with Crippen LogP contribution in [0, 0.1) is 10.1 Å². The summed E-state index contributed by atoms with van der Waals surface area (Å²) in [5.41, 5.74) is 1.62. The predicted molar refractivity (Wildman–Crippen MR) is 123 cm³/mol.